The summed E-state index contributed by atoms with van der Waals surface area (Å²) in [5.41, 5.74) is 2.02. The third kappa shape index (κ3) is 4.04. The number of pyridine rings is 1. The standard InChI is InChI=1S/C26H32N4O3/c1-3-32-24-22(14-28-25(29-24)33-4-2)26(31)19-9-6-10-20(26)17-30(16-19)15-18-8-5-12-23-21(18)11-7-13-27-23/h5,7-8,11-14,19-20,31H,3-4,6,9-10,15-17H2,1-2H3/t19-,20+,26?. The molecule has 1 saturated carbocycles. The Morgan fingerprint density at radius 3 is 2.58 bits per heavy atom. The highest BCUT2D eigenvalue weighted by molar-refractivity contribution is 5.81. The minimum Gasteiger partial charge on any atom is -0.478 e. The number of hydrogen-bond acceptors (Lipinski definition) is 7. The van der Waals surface area contributed by atoms with E-state index in [1.54, 1.807) is 6.20 Å². The zero-order valence-corrected chi connectivity index (χ0v) is 19.4. The van der Waals surface area contributed by atoms with Gasteiger partial charge in [0.25, 0.3) is 0 Å². The van der Waals surface area contributed by atoms with Crippen LogP contribution in [0.2, 0.25) is 0 Å². The maximum Gasteiger partial charge on any atom is 0.319 e. The van der Waals surface area contributed by atoms with Crippen molar-refractivity contribution in [3.05, 3.63) is 53.9 Å². The van der Waals surface area contributed by atoms with Crippen LogP contribution >= 0.6 is 0 Å². The van der Waals surface area contributed by atoms with Gasteiger partial charge in [-0.15, -0.1) is 0 Å². The van der Waals surface area contributed by atoms with E-state index >= 15 is 0 Å². The fraction of sp³-hybridized carbons (Fsp3) is 0.500. The van der Waals surface area contributed by atoms with Crippen LogP contribution in [-0.2, 0) is 12.1 Å². The summed E-state index contributed by atoms with van der Waals surface area (Å²) in [6, 6.07) is 10.8. The average Bonchev–Trinajstić information content (AvgIpc) is 2.81. The number of piperidine rings is 1. The molecule has 7 nitrogen and oxygen atoms in total. The molecule has 5 rings (SSSR count). The highest BCUT2D eigenvalue weighted by Crippen LogP contribution is 2.51. The Hall–Kier alpha value is -2.77. The lowest BCUT2D eigenvalue weighted by Gasteiger charge is -2.53. The lowest BCUT2D eigenvalue weighted by molar-refractivity contribution is -0.149. The van der Waals surface area contributed by atoms with Gasteiger partial charge in [0.2, 0.25) is 5.88 Å². The summed E-state index contributed by atoms with van der Waals surface area (Å²) in [5.74, 6) is 0.640. The molecular formula is C26H32N4O3. The van der Waals surface area contributed by atoms with Crippen LogP contribution in [0.1, 0.15) is 44.2 Å². The number of ether oxygens (including phenoxy) is 2. The maximum absolute atomic E-state index is 12.2. The van der Waals surface area contributed by atoms with Crippen molar-refractivity contribution in [2.24, 2.45) is 11.8 Å². The molecule has 3 atom stereocenters. The average molecular weight is 449 g/mol. The first-order valence-electron chi connectivity index (χ1n) is 12.0. The second kappa shape index (κ2) is 9.23. The number of likely N-dealkylation sites (tertiary alicyclic amines) is 1. The molecule has 2 aromatic heterocycles. The van der Waals surface area contributed by atoms with E-state index in [4.69, 9.17) is 9.47 Å². The van der Waals surface area contributed by atoms with Crippen LogP contribution in [0.15, 0.2) is 42.7 Å². The number of nitrogens with zero attached hydrogens (tertiary/aromatic N) is 4. The normalized spacial score (nSPS) is 25.2. The van der Waals surface area contributed by atoms with Gasteiger partial charge in [-0.05, 0) is 44.4 Å². The molecule has 1 aliphatic heterocycles. The SMILES string of the molecule is CCOc1ncc(C2(O)[C@@H]3CCC[C@H]2CN(Cc2cccc4ncccc24)C3)c(OCC)n1. The van der Waals surface area contributed by atoms with E-state index in [0.29, 0.717) is 30.7 Å². The first-order valence-corrected chi connectivity index (χ1v) is 12.0. The third-order valence-corrected chi connectivity index (χ3v) is 7.15. The molecule has 7 heteroatoms. The molecule has 0 radical (unpaired) electrons. The van der Waals surface area contributed by atoms with Gasteiger partial charge in [0.05, 0.1) is 24.3 Å². The smallest absolute Gasteiger partial charge is 0.319 e. The van der Waals surface area contributed by atoms with E-state index in [1.807, 2.05) is 26.1 Å². The summed E-state index contributed by atoms with van der Waals surface area (Å²) < 4.78 is 11.4. The van der Waals surface area contributed by atoms with Gasteiger partial charge >= 0.3 is 6.01 Å². The van der Waals surface area contributed by atoms with E-state index in [0.717, 1.165) is 44.4 Å². The summed E-state index contributed by atoms with van der Waals surface area (Å²) in [6.45, 7) is 7.28. The van der Waals surface area contributed by atoms with Gasteiger partial charge in [-0.1, -0.05) is 24.6 Å². The van der Waals surface area contributed by atoms with Crippen LogP contribution in [0.5, 0.6) is 11.9 Å². The molecule has 1 unspecified atom stereocenters. The van der Waals surface area contributed by atoms with Gasteiger partial charge in [-0.25, -0.2) is 4.98 Å². The number of aromatic nitrogens is 3. The van der Waals surface area contributed by atoms with Gasteiger partial charge in [-0.2, -0.15) is 4.98 Å². The van der Waals surface area contributed by atoms with Crippen molar-refractivity contribution in [2.75, 3.05) is 26.3 Å². The molecular weight excluding hydrogens is 416 g/mol. The molecule has 0 amide bonds. The van der Waals surface area contributed by atoms with Crippen LogP contribution in [0.4, 0.5) is 0 Å². The molecule has 1 aromatic carbocycles. The molecule has 3 heterocycles. The third-order valence-electron chi connectivity index (χ3n) is 7.15. The topological polar surface area (TPSA) is 80.6 Å². The Morgan fingerprint density at radius 2 is 1.82 bits per heavy atom. The molecule has 1 aliphatic carbocycles. The maximum atomic E-state index is 12.2. The highest BCUT2D eigenvalue weighted by Gasteiger charge is 2.53. The molecule has 3 aromatic rings. The predicted octanol–water partition coefficient (Wildman–Crippen LogP) is 3.94. The number of fused-ring (bicyclic) bond motifs is 3. The Kier molecular flexibility index (Phi) is 6.17. The molecule has 0 spiro atoms. The van der Waals surface area contributed by atoms with Crippen LogP contribution in [0.25, 0.3) is 10.9 Å². The van der Waals surface area contributed by atoms with Crippen molar-refractivity contribution in [3.63, 3.8) is 0 Å². The molecule has 33 heavy (non-hydrogen) atoms. The summed E-state index contributed by atoms with van der Waals surface area (Å²) >= 11 is 0. The quantitative estimate of drug-likeness (QED) is 0.586. The van der Waals surface area contributed by atoms with E-state index < -0.39 is 5.60 Å². The van der Waals surface area contributed by atoms with E-state index in [9.17, 15) is 5.11 Å². The zero-order valence-electron chi connectivity index (χ0n) is 19.4. The number of aliphatic hydroxyl groups is 1. The van der Waals surface area contributed by atoms with Gasteiger partial charge in [-0.3, -0.25) is 9.88 Å². The molecule has 2 fully saturated rings. The summed E-state index contributed by atoms with van der Waals surface area (Å²) in [6.07, 6.45) is 6.64. The van der Waals surface area contributed by atoms with E-state index in [2.05, 4.69) is 44.1 Å². The Labute approximate surface area is 194 Å². The predicted molar refractivity (Wildman–Crippen MR) is 126 cm³/mol. The monoisotopic (exact) mass is 448 g/mol. The second-order valence-electron chi connectivity index (χ2n) is 9.07. The van der Waals surface area contributed by atoms with E-state index in [1.165, 1.54) is 10.9 Å². The Bertz CT molecular complexity index is 1100. The minimum absolute atomic E-state index is 0.0962. The van der Waals surface area contributed by atoms with Crippen LogP contribution in [0, 0.1) is 11.8 Å². The van der Waals surface area contributed by atoms with Crippen molar-refractivity contribution < 1.29 is 14.6 Å². The van der Waals surface area contributed by atoms with Gasteiger partial charge in [0.1, 0.15) is 5.60 Å². The van der Waals surface area contributed by atoms with E-state index in [-0.39, 0.29) is 11.8 Å². The molecule has 2 aliphatic rings. The number of hydrogen-bond donors (Lipinski definition) is 1. The summed E-state index contributed by atoms with van der Waals surface area (Å²) in [7, 11) is 0. The summed E-state index contributed by atoms with van der Waals surface area (Å²) in [4.78, 5) is 15.9. The molecule has 174 valence electrons. The van der Waals surface area contributed by atoms with Crippen molar-refractivity contribution in [3.8, 4) is 11.9 Å². The lowest BCUT2D eigenvalue weighted by Crippen LogP contribution is -2.58. The van der Waals surface area contributed by atoms with Gasteiger partial charge in [0, 0.05) is 49.2 Å². The van der Waals surface area contributed by atoms with Crippen molar-refractivity contribution in [1.29, 1.82) is 0 Å². The summed E-state index contributed by atoms with van der Waals surface area (Å²) in [5, 5.41) is 13.4. The van der Waals surface area contributed by atoms with Crippen molar-refractivity contribution in [2.45, 2.75) is 45.3 Å². The zero-order chi connectivity index (χ0) is 22.8. The first kappa shape index (κ1) is 22.0. The van der Waals surface area contributed by atoms with Crippen LogP contribution < -0.4 is 9.47 Å². The minimum atomic E-state index is -0.996. The van der Waals surface area contributed by atoms with Crippen LogP contribution in [0.3, 0.4) is 0 Å². The largest absolute Gasteiger partial charge is 0.478 e. The van der Waals surface area contributed by atoms with Crippen molar-refractivity contribution in [1.82, 2.24) is 19.9 Å². The Balaban J connectivity index is 1.44. The van der Waals surface area contributed by atoms with Gasteiger partial charge < -0.3 is 14.6 Å². The van der Waals surface area contributed by atoms with Crippen molar-refractivity contribution >= 4 is 10.9 Å². The molecule has 1 N–H and O–H groups in total. The lowest BCUT2D eigenvalue weighted by atomic mass is 9.63. The fourth-order valence-electron chi connectivity index (χ4n) is 5.73. The molecule has 2 bridgehead atoms. The number of benzene rings is 1. The van der Waals surface area contributed by atoms with Gasteiger partial charge in [0.15, 0.2) is 0 Å². The second-order valence-corrected chi connectivity index (χ2v) is 9.07. The van der Waals surface area contributed by atoms with Crippen LogP contribution in [-0.4, -0.2) is 51.3 Å². The Morgan fingerprint density at radius 1 is 1.03 bits per heavy atom. The highest BCUT2D eigenvalue weighted by atomic mass is 16.5. The fourth-order valence-corrected chi connectivity index (χ4v) is 5.73. The molecule has 1 saturated heterocycles. The number of rotatable bonds is 7. The first-order chi connectivity index (χ1) is 16.1.